The van der Waals surface area contributed by atoms with E-state index in [9.17, 15) is 4.79 Å². The van der Waals surface area contributed by atoms with Gasteiger partial charge < -0.3 is 14.6 Å². The smallest absolute Gasteiger partial charge is 0.181 e. The molecule has 1 N–H and O–H groups in total. The molecule has 4 heteroatoms. The zero-order chi connectivity index (χ0) is 9.80. The van der Waals surface area contributed by atoms with E-state index in [1.165, 1.54) is 0 Å². The highest BCUT2D eigenvalue weighted by Gasteiger charge is 2.12. The fourth-order valence-electron chi connectivity index (χ4n) is 1.54. The van der Waals surface area contributed by atoms with Gasteiger partial charge >= 0.3 is 0 Å². The molecule has 14 heavy (non-hydrogen) atoms. The first kappa shape index (κ1) is 9.43. The Morgan fingerprint density at radius 2 is 2.29 bits per heavy atom. The minimum absolute atomic E-state index is 0.0453. The summed E-state index contributed by atoms with van der Waals surface area (Å²) in [4.78, 5) is 10.9. The van der Waals surface area contributed by atoms with Gasteiger partial charge in [0.1, 0.15) is 0 Å². The van der Waals surface area contributed by atoms with Gasteiger partial charge in [-0.15, -0.1) is 0 Å². The highest BCUT2D eigenvalue weighted by atomic mass is 16.5. The molecule has 0 saturated carbocycles. The maximum atomic E-state index is 10.9. The molecule has 0 aliphatic carbocycles. The van der Waals surface area contributed by atoms with E-state index in [1.54, 1.807) is 24.5 Å². The van der Waals surface area contributed by atoms with Crippen molar-refractivity contribution >= 4 is 0 Å². The summed E-state index contributed by atoms with van der Waals surface area (Å²) in [5.41, 5.74) is 0.0453. The zero-order valence-corrected chi connectivity index (χ0v) is 7.98. The lowest BCUT2D eigenvalue weighted by atomic mass is 10.3. The van der Waals surface area contributed by atoms with Crippen molar-refractivity contribution in [3.8, 4) is 0 Å². The molecule has 0 amide bonds. The van der Waals surface area contributed by atoms with Gasteiger partial charge in [-0.1, -0.05) is 0 Å². The van der Waals surface area contributed by atoms with E-state index in [0.29, 0.717) is 0 Å². The Labute approximate surface area is 82.5 Å². The first-order valence-corrected chi connectivity index (χ1v) is 4.83. The number of pyridine rings is 1. The van der Waals surface area contributed by atoms with Gasteiger partial charge in [-0.25, -0.2) is 0 Å². The van der Waals surface area contributed by atoms with Gasteiger partial charge in [0, 0.05) is 44.2 Å². The standard InChI is InChI=1S/C10H14N2O2/c13-9-1-4-12(5-2-9)8-10-7-11-3-6-14-10/h1-2,4-5,10-11H,3,6-8H2. The van der Waals surface area contributed by atoms with E-state index in [2.05, 4.69) is 5.32 Å². The second-order valence-electron chi connectivity index (χ2n) is 3.43. The number of rotatable bonds is 2. The Bertz CT molecular complexity index is 322. The van der Waals surface area contributed by atoms with Crippen LogP contribution < -0.4 is 10.7 Å². The molecular formula is C10H14N2O2. The molecule has 1 aromatic rings. The van der Waals surface area contributed by atoms with Crippen molar-refractivity contribution in [2.45, 2.75) is 12.6 Å². The third-order valence-corrected chi connectivity index (χ3v) is 2.28. The fraction of sp³-hybridized carbons (Fsp3) is 0.500. The van der Waals surface area contributed by atoms with E-state index in [1.807, 2.05) is 4.57 Å². The summed E-state index contributed by atoms with van der Waals surface area (Å²) in [6.07, 6.45) is 3.80. The Balaban J connectivity index is 1.96. The molecule has 4 nitrogen and oxygen atoms in total. The number of nitrogens with zero attached hydrogens (tertiary/aromatic N) is 1. The Morgan fingerprint density at radius 1 is 1.50 bits per heavy atom. The highest BCUT2D eigenvalue weighted by molar-refractivity contribution is 4.94. The quantitative estimate of drug-likeness (QED) is 0.711. The number of hydrogen-bond donors (Lipinski definition) is 1. The van der Waals surface area contributed by atoms with Crippen molar-refractivity contribution in [2.24, 2.45) is 0 Å². The van der Waals surface area contributed by atoms with Crippen LogP contribution >= 0.6 is 0 Å². The summed E-state index contributed by atoms with van der Waals surface area (Å²) in [5.74, 6) is 0. The first-order chi connectivity index (χ1) is 6.84. The van der Waals surface area contributed by atoms with Crippen LogP contribution in [0.4, 0.5) is 0 Å². The minimum atomic E-state index is 0.0453. The van der Waals surface area contributed by atoms with Crippen LogP contribution in [0.3, 0.4) is 0 Å². The fourth-order valence-corrected chi connectivity index (χ4v) is 1.54. The van der Waals surface area contributed by atoms with Crippen LogP contribution in [0.1, 0.15) is 0 Å². The molecule has 1 fully saturated rings. The van der Waals surface area contributed by atoms with Crippen LogP contribution in [0, 0.1) is 0 Å². The normalized spacial score (nSPS) is 22.1. The molecule has 1 aliphatic rings. The van der Waals surface area contributed by atoms with Crippen LogP contribution in [0.2, 0.25) is 0 Å². The molecule has 0 bridgehead atoms. The second kappa shape index (κ2) is 4.39. The molecular weight excluding hydrogens is 180 g/mol. The van der Waals surface area contributed by atoms with E-state index in [0.717, 1.165) is 26.2 Å². The lowest BCUT2D eigenvalue weighted by Crippen LogP contribution is -2.40. The van der Waals surface area contributed by atoms with Crippen LogP contribution in [0.25, 0.3) is 0 Å². The maximum Gasteiger partial charge on any atom is 0.181 e. The summed E-state index contributed by atoms with van der Waals surface area (Å²) in [6, 6.07) is 3.13. The van der Waals surface area contributed by atoms with Crippen LogP contribution in [0.5, 0.6) is 0 Å². The van der Waals surface area contributed by atoms with Gasteiger partial charge in [-0.05, 0) is 0 Å². The molecule has 1 unspecified atom stereocenters. The third-order valence-electron chi connectivity index (χ3n) is 2.28. The number of hydrogen-bond acceptors (Lipinski definition) is 3. The number of aromatic nitrogens is 1. The van der Waals surface area contributed by atoms with Gasteiger partial charge in [-0.2, -0.15) is 0 Å². The van der Waals surface area contributed by atoms with E-state index >= 15 is 0 Å². The Kier molecular flexibility index (Phi) is 2.96. The first-order valence-electron chi connectivity index (χ1n) is 4.83. The Hall–Kier alpha value is -1.13. The van der Waals surface area contributed by atoms with Gasteiger partial charge in [0.05, 0.1) is 12.7 Å². The predicted octanol–water partition coefficient (Wildman–Crippen LogP) is -0.163. The zero-order valence-electron chi connectivity index (χ0n) is 7.98. The summed E-state index contributed by atoms with van der Waals surface area (Å²) >= 11 is 0. The summed E-state index contributed by atoms with van der Waals surface area (Å²) in [5, 5.41) is 3.27. The number of ether oxygens (including phenoxy) is 1. The van der Waals surface area contributed by atoms with Gasteiger partial charge in [0.15, 0.2) is 5.43 Å². The minimum Gasteiger partial charge on any atom is -0.374 e. The molecule has 1 atom stereocenters. The van der Waals surface area contributed by atoms with Crippen molar-refractivity contribution in [3.05, 3.63) is 34.7 Å². The van der Waals surface area contributed by atoms with E-state index in [4.69, 9.17) is 4.74 Å². The van der Waals surface area contributed by atoms with Crippen molar-refractivity contribution < 1.29 is 4.74 Å². The van der Waals surface area contributed by atoms with Gasteiger partial charge in [0.2, 0.25) is 0 Å². The summed E-state index contributed by atoms with van der Waals surface area (Å²) in [7, 11) is 0. The van der Waals surface area contributed by atoms with Crippen LogP contribution in [0.15, 0.2) is 29.3 Å². The number of nitrogens with one attached hydrogen (secondary N) is 1. The third kappa shape index (κ3) is 2.43. The lowest BCUT2D eigenvalue weighted by molar-refractivity contribution is 0.0181. The van der Waals surface area contributed by atoms with E-state index < -0.39 is 0 Å². The SMILES string of the molecule is O=c1ccn(CC2CNCCO2)cc1. The van der Waals surface area contributed by atoms with Crippen molar-refractivity contribution in [2.75, 3.05) is 19.7 Å². The summed E-state index contributed by atoms with van der Waals surface area (Å²) < 4.78 is 7.52. The van der Waals surface area contributed by atoms with Crippen molar-refractivity contribution in [1.82, 2.24) is 9.88 Å². The molecule has 0 aromatic carbocycles. The topological polar surface area (TPSA) is 43.3 Å². The molecule has 76 valence electrons. The predicted molar refractivity (Wildman–Crippen MR) is 53.3 cm³/mol. The lowest BCUT2D eigenvalue weighted by Gasteiger charge is -2.24. The Morgan fingerprint density at radius 3 is 2.93 bits per heavy atom. The summed E-state index contributed by atoms with van der Waals surface area (Å²) in [6.45, 7) is 3.38. The molecule has 2 heterocycles. The monoisotopic (exact) mass is 194 g/mol. The molecule has 1 aromatic heterocycles. The van der Waals surface area contributed by atoms with Crippen LogP contribution in [-0.2, 0) is 11.3 Å². The highest BCUT2D eigenvalue weighted by Crippen LogP contribution is 1.99. The molecule has 0 radical (unpaired) electrons. The maximum absolute atomic E-state index is 10.9. The number of morpholine rings is 1. The van der Waals surface area contributed by atoms with Crippen molar-refractivity contribution in [3.63, 3.8) is 0 Å². The van der Waals surface area contributed by atoms with Crippen molar-refractivity contribution in [1.29, 1.82) is 0 Å². The van der Waals surface area contributed by atoms with Crippen LogP contribution in [-0.4, -0.2) is 30.4 Å². The molecule has 1 aliphatic heterocycles. The molecule has 0 spiro atoms. The molecule has 2 rings (SSSR count). The van der Waals surface area contributed by atoms with Gasteiger partial charge in [-0.3, -0.25) is 4.79 Å². The average Bonchev–Trinajstić information content (AvgIpc) is 2.23. The largest absolute Gasteiger partial charge is 0.374 e. The van der Waals surface area contributed by atoms with Gasteiger partial charge in [0.25, 0.3) is 0 Å². The average molecular weight is 194 g/mol. The molecule has 1 saturated heterocycles. The van der Waals surface area contributed by atoms with E-state index in [-0.39, 0.29) is 11.5 Å². The second-order valence-corrected chi connectivity index (χ2v) is 3.43.